The topological polar surface area (TPSA) is 75.0 Å². The second-order valence-electron chi connectivity index (χ2n) is 2.67. The molecule has 0 radical (unpaired) electrons. The predicted molar refractivity (Wildman–Crippen MR) is 41.0 cm³/mol. The largest absolute Gasteiger partial charge is 0.375 e. The SMILES string of the molecule is O=c1[nH]c2c(c(=O)[nH]1)CCOC2. The maximum Gasteiger partial charge on any atom is 0.325 e. The maximum absolute atomic E-state index is 11.2. The van der Waals surface area contributed by atoms with Crippen LogP contribution in [0.2, 0.25) is 0 Å². The van der Waals surface area contributed by atoms with E-state index in [1.165, 1.54) is 0 Å². The van der Waals surface area contributed by atoms with E-state index in [9.17, 15) is 9.59 Å². The number of hydrogen-bond acceptors (Lipinski definition) is 3. The fourth-order valence-corrected chi connectivity index (χ4v) is 1.30. The molecule has 2 heterocycles. The van der Waals surface area contributed by atoms with Gasteiger partial charge in [0, 0.05) is 12.0 Å². The minimum Gasteiger partial charge on any atom is -0.375 e. The van der Waals surface area contributed by atoms with E-state index in [0.717, 1.165) is 0 Å². The van der Waals surface area contributed by atoms with Crippen LogP contribution in [0.3, 0.4) is 0 Å². The zero-order chi connectivity index (χ0) is 8.55. The molecule has 1 aromatic rings. The molecule has 0 amide bonds. The highest BCUT2D eigenvalue weighted by molar-refractivity contribution is 5.17. The molecule has 64 valence electrons. The summed E-state index contributed by atoms with van der Waals surface area (Å²) < 4.78 is 5.08. The van der Waals surface area contributed by atoms with Gasteiger partial charge in [-0.3, -0.25) is 9.78 Å². The third-order valence-electron chi connectivity index (χ3n) is 1.87. The lowest BCUT2D eigenvalue weighted by Gasteiger charge is -2.13. The van der Waals surface area contributed by atoms with Gasteiger partial charge in [0.15, 0.2) is 0 Å². The average molecular weight is 168 g/mol. The highest BCUT2D eigenvalue weighted by Gasteiger charge is 2.13. The molecule has 5 heteroatoms. The van der Waals surface area contributed by atoms with Gasteiger partial charge in [0.1, 0.15) is 0 Å². The number of ether oxygens (including phenoxy) is 1. The minimum atomic E-state index is -0.468. The Balaban J connectivity index is 2.68. The number of aromatic nitrogens is 2. The van der Waals surface area contributed by atoms with Crippen LogP contribution in [0, 0.1) is 0 Å². The molecular weight excluding hydrogens is 160 g/mol. The molecule has 0 aromatic carbocycles. The van der Waals surface area contributed by atoms with Crippen LogP contribution in [0.15, 0.2) is 9.59 Å². The van der Waals surface area contributed by atoms with Crippen molar-refractivity contribution in [2.24, 2.45) is 0 Å². The molecule has 0 unspecified atom stereocenters. The first-order valence-electron chi connectivity index (χ1n) is 3.69. The maximum atomic E-state index is 11.2. The normalized spacial score (nSPS) is 15.7. The zero-order valence-corrected chi connectivity index (χ0v) is 6.35. The van der Waals surface area contributed by atoms with Gasteiger partial charge in [-0.15, -0.1) is 0 Å². The van der Waals surface area contributed by atoms with Crippen molar-refractivity contribution < 1.29 is 4.74 Å². The summed E-state index contributed by atoms with van der Waals surface area (Å²) in [4.78, 5) is 26.7. The third kappa shape index (κ3) is 1.08. The first kappa shape index (κ1) is 7.30. The molecule has 0 spiro atoms. The number of rotatable bonds is 0. The van der Waals surface area contributed by atoms with Crippen molar-refractivity contribution in [3.8, 4) is 0 Å². The molecule has 0 atom stereocenters. The van der Waals surface area contributed by atoms with Crippen LogP contribution in [0.5, 0.6) is 0 Å². The smallest absolute Gasteiger partial charge is 0.325 e. The number of fused-ring (bicyclic) bond motifs is 1. The highest BCUT2D eigenvalue weighted by atomic mass is 16.5. The molecule has 1 aliphatic rings. The summed E-state index contributed by atoms with van der Waals surface area (Å²) in [5, 5.41) is 0. The number of H-pyrrole nitrogens is 2. The molecule has 0 aliphatic carbocycles. The summed E-state index contributed by atoms with van der Waals surface area (Å²) >= 11 is 0. The molecule has 12 heavy (non-hydrogen) atoms. The lowest BCUT2D eigenvalue weighted by atomic mass is 10.1. The van der Waals surface area contributed by atoms with E-state index in [2.05, 4.69) is 9.97 Å². The van der Waals surface area contributed by atoms with Gasteiger partial charge in [-0.2, -0.15) is 0 Å². The van der Waals surface area contributed by atoms with Gasteiger partial charge in [-0.1, -0.05) is 0 Å². The Labute approximate surface area is 67.4 Å². The van der Waals surface area contributed by atoms with Crippen molar-refractivity contribution in [2.45, 2.75) is 13.0 Å². The standard InChI is InChI=1S/C7H8N2O3/c10-6-4-1-2-12-3-5(4)8-7(11)9-6/h1-3H2,(H2,8,9,10,11). The van der Waals surface area contributed by atoms with Crippen molar-refractivity contribution in [3.05, 3.63) is 32.1 Å². The van der Waals surface area contributed by atoms with Crippen LogP contribution in [0.4, 0.5) is 0 Å². The van der Waals surface area contributed by atoms with Gasteiger partial charge in [0.2, 0.25) is 0 Å². The molecule has 0 saturated heterocycles. The van der Waals surface area contributed by atoms with E-state index in [1.807, 2.05) is 0 Å². The van der Waals surface area contributed by atoms with Crippen LogP contribution >= 0.6 is 0 Å². The van der Waals surface area contributed by atoms with Crippen molar-refractivity contribution in [1.82, 2.24) is 9.97 Å². The van der Waals surface area contributed by atoms with Gasteiger partial charge < -0.3 is 9.72 Å². The second kappa shape index (κ2) is 2.60. The van der Waals surface area contributed by atoms with Gasteiger partial charge >= 0.3 is 5.69 Å². The fourth-order valence-electron chi connectivity index (χ4n) is 1.30. The Morgan fingerprint density at radius 2 is 2.08 bits per heavy atom. The molecule has 0 fully saturated rings. The second-order valence-corrected chi connectivity index (χ2v) is 2.67. The highest BCUT2D eigenvalue weighted by Crippen LogP contribution is 2.06. The first-order valence-corrected chi connectivity index (χ1v) is 3.69. The minimum absolute atomic E-state index is 0.294. The zero-order valence-electron chi connectivity index (χ0n) is 6.35. The van der Waals surface area contributed by atoms with E-state index < -0.39 is 5.69 Å². The predicted octanol–water partition coefficient (Wildman–Crippen LogP) is -0.864. The average Bonchev–Trinajstić information content (AvgIpc) is 2.04. The van der Waals surface area contributed by atoms with Crippen molar-refractivity contribution in [3.63, 3.8) is 0 Å². The molecule has 0 saturated carbocycles. The monoisotopic (exact) mass is 168 g/mol. The Morgan fingerprint density at radius 3 is 2.92 bits per heavy atom. The molecule has 2 rings (SSSR count). The number of nitrogens with one attached hydrogen (secondary N) is 2. The number of aromatic amines is 2. The van der Waals surface area contributed by atoms with Gasteiger partial charge in [0.05, 0.1) is 18.9 Å². The fraction of sp³-hybridized carbons (Fsp3) is 0.429. The van der Waals surface area contributed by atoms with Crippen LogP contribution < -0.4 is 11.2 Å². The summed E-state index contributed by atoms with van der Waals surface area (Å²) in [6, 6.07) is 0. The van der Waals surface area contributed by atoms with Crippen molar-refractivity contribution >= 4 is 0 Å². The van der Waals surface area contributed by atoms with Crippen molar-refractivity contribution in [1.29, 1.82) is 0 Å². The summed E-state index contributed by atoms with van der Waals surface area (Å²) in [5.74, 6) is 0. The number of hydrogen-bond donors (Lipinski definition) is 2. The van der Waals surface area contributed by atoms with E-state index in [-0.39, 0.29) is 5.56 Å². The van der Waals surface area contributed by atoms with E-state index in [1.54, 1.807) is 0 Å². The van der Waals surface area contributed by atoms with E-state index in [4.69, 9.17) is 4.74 Å². The van der Waals surface area contributed by atoms with Crippen LogP contribution in [0.1, 0.15) is 11.3 Å². The Morgan fingerprint density at radius 1 is 1.25 bits per heavy atom. The van der Waals surface area contributed by atoms with Gasteiger partial charge in [-0.25, -0.2) is 4.79 Å². The van der Waals surface area contributed by atoms with Crippen LogP contribution in [0.25, 0.3) is 0 Å². The van der Waals surface area contributed by atoms with E-state index >= 15 is 0 Å². The van der Waals surface area contributed by atoms with Crippen LogP contribution in [-0.4, -0.2) is 16.6 Å². The Kier molecular flexibility index (Phi) is 1.58. The summed E-state index contributed by atoms with van der Waals surface area (Å²) in [6.07, 6.45) is 0.571. The lowest BCUT2D eigenvalue weighted by Crippen LogP contribution is -2.31. The Bertz CT molecular complexity index is 404. The summed E-state index contributed by atoms with van der Waals surface area (Å²) in [6.45, 7) is 0.872. The third-order valence-corrected chi connectivity index (χ3v) is 1.87. The Hall–Kier alpha value is -1.36. The molecule has 1 aliphatic heterocycles. The molecule has 0 bridgehead atoms. The van der Waals surface area contributed by atoms with Crippen molar-refractivity contribution in [2.75, 3.05) is 6.61 Å². The molecular formula is C7H8N2O3. The van der Waals surface area contributed by atoms with Gasteiger partial charge in [0.25, 0.3) is 5.56 Å². The van der Waals surface area contributed by atoms with Gasteiger partial charge in [-0.05, 0) is 0 Å². The lowest BCUT2D eigenvalue weighted by molar-refractivity contribution is 0.106. The summed E-state index contributed by atoms with van der Waals surface area (Å²) in [5.41, 5.74) is 0.483. The summed E-state index contributed by atoms with van der Waals surface area (Å²) in [7, 11) is 0. The first-order chi connectivity index (χ1) is 5.77. The van der Waals surface area contributed by atoms with E-state index in [0.29, 0.717) is 30.9 Å². The van der Waals surface area contributed by atoms with Crippen LogP contribution in [-0.2, 0) is 17.8 Å². The molecule has 1 aromatic heterocycles. The molecule has 5 nitrogen and oxygen atoms in total. The molecule has 2 N–H and O–H groups in total. The quantitative estimate of drug-likeness (QED) is 0.529.